The second kappa shape index (κ2) is 48.5. The summed E-state index contributed by atoms with van der Waals surface area (Å²) in [6.07, 6.45) is 52.1. The molecule has 0 rings (SSSR count). The highest BCUT2D eigenvalue weighted by atomic mass is 31.2. The largest absolute Gasteiger partial charge is 0.472 e. The van der Waals surface area contributed by atoms with Crippen molar-refractivity contribution >= 4 is 19.8 Å². The summed E-state index contributed by atoms with van der Waals surface area (Å²) < 4.78 is 32.7. The topological polar surface area (TPSA) is 134 Å². The maximum atomic E-state index is 12.6. The monoisotopic (exact) mass is 888 g/mol. The van der Waals surface area contributed by atoms with E-state index in [2.05, 4.69) is 13.8 Å². The van der Waals surface area contributed by atoms with Crippen molar-refractivity contribution in [3.63, 3.8) is 0 Å². The lowest BCUT2D eigenvalue weighted by atomic mass is 10.0. The van der Waals surface area contributed by atoms with Gasteiger partial charge in [0.25, 0.3) is 0 Å². The molecule has 0 heterocycles. The Balaban J connectivity index is 3.69. The lowest BCUT2D eigenvalue weighted by Crippen LogP contribution is -2.29. The van der Waals surface area contributed by atoms with Crippen molar-refractivity contribution in [3.8, 4) is 0 Å². The fourth-order valence-corrected chi connectivity index (χ4v) is 8.82. The van der Waals surface area contributed by atoms with Crippen molar-refractivity contribution in [1.82, 2.24) is 0 Å². The molecule has 0 radical (unpaired) electrons. The zero-order chi connectivity index (χ0) is 44.6. The minimum Gasteiger partial charge on any atom is -0.462 e. The predicted octanol–water partition coefficient (Wildman–Crippen LogP) is 16.0. The second-order valence-electron chi connectivity index (χ2n) is 18.1. The molecule has 0 aromatic heterocycles. The Bertz CT molecular complexity index is 969. The molecule has 0 aliphatic heterocycles. The molecule has 0 aromatic rings. The predicted molar refractivity (Wildman–Crippen MR) is 257 cm³/mol. The molecule has 10 heteroatoms. The third kappa shape index (κ3) is 48.3. The molecule has 0 saturated carbocycles. The van der Waals surface area contributed by atoms with Gasteiger partial charge >= 0.3 is 19.8 Å². The van der Waals surface area contributed by atoms with Gasteiger partial charge in [-0.3, -0.25) is 18.6 Å². The number of phosphoric acid groups is 1. The number of esters is 2. The molecule has 3 N–H and O–H groups in total. The van der Waals surface area contributed by atoms with E-state index in [0.29, 0.717) is 6.42 Å². The van der Waals surface area contributed by atoms with E-state index in [-0.39, 0.29) is 38.6 Å². The summed E-state index contributed by atoms with van der Waals surface area (Å²) in [6.45, 7) is 3.73. The molecule has 0 spiro atoms. The number of hydrogen-bond donors (Lipinski definition) is 2. The molecule has 364 valence electrons. The Kier molecular flexibility index (Phi) is 47.7. The maximum absolute atomic E-state index is 12.6. The second-order valence-corrected chi connectivity index (χ2v) is 19.6. The zero-order valence-corrected chi connectivity index (χ0v) is 41.3. The highest BCUT2D eigenvalue weighted by Crippen LogP contribution is 2.43. The van der Waals surface area contributed by atoms with Gasteiger partial charge in [-0.2, -0.15) is 0 Å². The van der Waals surface area contributed by atoms with Crippen LogP contribution in [0.4, 0.5) is 0 Å². The van der Waals surface area contributed by atoms with Gasteiger partial charge in [-0.25, -0.2) is 4.57 Å². The van der Waals surface area contributed by atoms with Crippen LogP contribution in [0.25, 0.3) is 0 Å². The summed E-state index contributed by atoms with van der Waals surface area (Å²) >= 11 is 0. The van der Waals surface area contributed by atoms with E-state index in [9.17, 15) is 19.0 Å². The fraction of sp³-hybridized carbons (Fsp3) is 0.961. The highest BCUT2D eigenvalue weighted by molar-refractivity contribution is 7.47. The van der Waals surface area contributed by atoms with Crippen molar-refractivity contribution in [3.05, 3.63) is 0 Å². The van der Waals surface area contributed by atoms with Crippen LogP contribution in [0.2, 0.25) is 0 Å². The van der Waals surface area contributed by atoms with Gasteiger partial charge in [0.1, 0.15) is 6.61 Å². The summed E-state index contributed by atoms with van der Waals surface area (Å²) in [6, 6.07) is 0. The van der Waals surface area contributed by atoms with Crippen LogP contribution in [-0.2, 0) is 32.7 Å². The molecule has 0 amide bonds. The lowest BCUT2D eigenvalue weighted by molar-refractivity contribution is -0.161. The molecule has 0 saturated heterocycles. The molecule has 0 aliphatic carbocycles. The summed E-state index contributed by atoms with van der Waals surface area (Å²) in [4.78, 5) is 34.7. The fourth-order valence-electron chi connectivity index (χ4n) is 8.05. The van der Waals surface area contributed by atoms with Crippen LogP contribution in [0.3, 0.4) is 0 Å². The Morgan fingerprint density at radius 2 is 0.705 bits per heavy atom. The first-order chi connectivity index (χ1) is 29.8. The summed E-state index contributed by atoms with van der Waals surface area (Å²) in [5.41, 5.74) is 5.35. The molecular weight excluding hydrogens is 786 g/mol. The van der Waals surface area contributed by atoms with Crippen LogP contribution in [-0.4, -0.2) is 49.3 Å². The van der Waals surface area contributed by atoms with Crippen molar-refractivity contribution in [2.24, 2.45) is 5.73 Å². The normalized spacial score (nSPS) is 13.0. The van der Waals surface area contributed by atoms with E-state index in [1.54, 1.807) is 0 Å². The minimum absolute atomic E-state index is 0.0578. The number of carbonyl (C=O) groups excluding carboxylic acids is 2. The van der Waals surface area contributed by atoms with Crippen molar-refractivity contribution in [2.45, 2.75) is 290 Å². The molecule has 0 aromatic carbocycles. The van der Waals surface area contributed by atoms with Crippen LogP contribution >= 0.6 is 7.82 Å². The Hall–Kier alpha value is -0.990. The first kappa shape index (κ1) is 60.0. The number of ether oxygens (including phenoxy) is 2. The zero-order valence-electron chi connectivity index (χ0n) is 40.4. The third-order valence-corrected chi connectivity index (χ3v) is 13.0. The summed E-state index contributed by atoms with van der Waals surface area (Å²) in [5, 5.41) is 0. The van der Waals surface area contributed by atoms with Crippen LogP contribution in [0.1, 0.15) is 284 Å². The van der Waals surface area contributed by atoms with Gasteiger partial charge in [-0.05, 0) is 12.8 Å². The maximum Gasteiger partial charge on any atom is 0.472 e. The number of hydrogen-bond acceptors (Lipinski definition) is 8. The molecule has 0 aliphatic rings. The lowest BCUT2D eigenvalue weighted by Gasteiger charge is -2.19. The molecule has 2 atom stereocenters. The van der Waals surface area contributed by atoms with Crippen LogP contribution < -0.4 is 5.73 Å². The Morgan fingerprint density at radius 3 is 1.00 bits per heavy atom. The minimum atomic E-state index is -4.37. The third-order valence-electron chi connectivity index (χ3n) is 12.0. The Labute approximate surface area is 377 Å². The SMILES string of the molecule is CCCCCCCCCCCCCCCCCCCCCCCCCCCCCCCCCCCC(=O)OC(COC(=O)CCCCCCCCC)COP(=O)(O)OCCN. The molecule has 2 unspecified atom stereocenters. The van der Waals surface area contributed by atoms with Gasteiger partial charge in [0.2, 0.25) is 0 Å². The van der Waals surface area contributed by atoms with Gasteiger partial charge < -0.3 is 20.1 Å². The smallest absolute Gasteiger partial charge is 0.462 e. The van der Waals surface area contributed by atoms with Gasteiger partial charge in [0.05, 0.1) is 13.2 Å². The average molecular weight is 888 g/mol. The first-order valence-corrected chi connectivity index (χ1v) is 28.0. The van der Waals surface area contributed by atoms with Crippen LogP contribution in [0.5, 0.6) is 0 Å². The number of phosphoric ester groups is 1. The quantitative estimate of drug-likeness (QED) is 0.0348. The highest BCUT2D eigenvalue weighted by Gasteiger charge is 2.26. The summed E-state index contributed by atoms with van der Waals surface area (Å²) in [7, 11) is -4.37. The first-order valence-electron chi connectivity index (χ1n) is 26.5. The van der Waals surface area contributed by atoms with Gasteiger partial charge in [-0.1, -0.05) is 258 Å². The van der Waals surface area contributed by atoms with Gasteiger partial charge in [0.15, 0.2) is 6.10 Å². The van der Waals surface area contributed by atoms with E-state index in [4.69, 9.17) is 24.3 Å². The van der Waals surface area contributed by atoms with Crippen LogP contribution in [0, 0.1) is 0 Å². The van der Waals surface area contributed by atoms with E-state index in [1.165, 1.54) is 218 Å². The van der Waals surface area contributed by atoms with Gasteiger partial charge in [-0.15, -0.1) is 0 Å². The van der Waals surface area contributed by atoms with E-state index >= 15 is 0 Å². The molecule has 9 nitrogen and oxygen atoms in total. The molecular formula is C51H102NO8P. The molecule has 0 fully saturated rings. The molecule has 61 heavy (non-hydrogen) atoms. The van der Waals surface area contributed by atoms with Crippen LogP contribution in [0.15, 0.2) is 0 Å². The van der Waals surface area contributed by atoms with E-state index in [1.807, 2.05) is 0 Å². The van der Waals surface area contributed by atoms with E-state index in [0.717, 1.165) is 32.1 Å². The summed E-state index contributed by atoms with van der Waals surface area (Å²) in [5.74, 6) is -0.819. The van der Waals surface area contributed by atoms with E-state index < -0.39 is 26.5 Å². The standard InChI is InChI=1S/C51H102NO8P/c1-3-5-7-9-11-12-13-14-15-16-17-18-19-20-21-22-23-24-25-26-27-28-29-30-31-32-33-34-35-36-38-40-42-44-51(54)60-49(48-59-61(55,56)58-46-45-52)47-57-50(53)43-41-39-37-10-8-6-4-2/h49H,3-48,52H2,1-2H3,(H,55,56). The molecule has 0 bridgehead atoms. The average Bonchev–Trinajstić information content (AvgIpc) is 3.25. The number of nitrogens with two attached hydrogens (primary N) is 1. The van der Waals surface area contributed by atoms with Crippen molar-refractivity contribution in [1.29, 1.82) is 0 Å². The van der Waals surface area contributed by atoms with Crippen molar-refractivity contribution < 1.29 is 37.6 Å². The number of carbonyl (C=O) groups is 2. The van der Waals surface area contributed by atoms with Gasteiger partial charge in [0, 0.05) is 19.4 Å². The number of unbranched alkanes of at least 4 members (excludes halogenated alkanes) is 38. The number of rotatable bonds is 51. The Morgan fingerprint density at radius 1 is 0.426 bits per heavy atom. The van der Waals surface area contributed by atoms with Crippen molar-refractivity contribution in [2.75, 3.05) is 26.4 Å².